The predicted octanol–water partition coefficient (Wildman–Crippen LogP) is 2.07. The highest BCUT2D eigenvalue weighted by molar-refractivity contribution is 6.00. The molecule has 4 aromatic carbocycles. The van der Waals surface area contributed by atoms with Crippen LogP contribution in [0, 0.1) is 5.82 Å². The highest BCUT2D eigenvalue weighted by atomic mass is 19.1. The van der Waals surface area contributed by atoms with Gasteiger partial charge < -0.3 is 87.0 Å². The van der Waals surface area contributed by atoms with Gasteiger partial charge >= 0.3 is 0 Å². The number of unbranched alkanes of at least 4 members (excludes halogenated alkanes) is 2. The van der Waals surface area contributed by atoms with E-state index in [1.807, 2.05) is 35.9 Å². The van der Waals surface area contributed by atoms with Gasteiger partial charge in [-0.05, 0) is 149 Å². The fourth-order valence-corrected chi connectivity index (χ4v) is 15.0. The minimum atomic E-state index is -1.85. The number of nitrogens with zero attached hydrogens (tertiary/aromatic N) is 4. The van der Waals surface area contributed by atoms with Crippen LogP contribution in [-0.4, -0.2) is 215 Å². The van der Waals surface area contributed by atoms with Gasteiger partial charge in [0.25, 0.3) is 0 Å². The van der Waals surface area contributed by atoms with Crippen molar-refractivity contribution in [2.45, 2.75) is 210 Å². The third-order valence-corrected chi connectivity index (χ3v) is 21.3. The molecule has 12 bridgehead atoms. The second-order valence-electron chi connectivity index (χ2n) is 29.6. The Labute approximate surface area is 639 Å². The Kier molecular flexibility index (Phi) is 29.0. The zero-order valence-corrected chi connectivity index (χ0v) is 63.4. The number of nitrogens with one attached hydrogen (secondary N) is 10. The number of aliphatic hydroxyl groups excluding tert-OH is 1. The van der Waals surface area contributed by atoms with Crippen molar-refractivity contribution in [3.63, 3.8) is 0 Å². The monoisotopic (exact) mass is 1520 g/mol. The number of hydrogen-bond acceptors (Lipinski definition) is 16. The summed E-state index contributed by atoms with van der Waals surface area (Å²) in [5, 5.41) is 40.1. The molecule has 7 heterocycles. The fourth-order valence-electron chi connectivity index (χ4n) is 15.0. The minimum absolute atomic E-state index is 0.0709. The number of carbonyl (C=O) groups is 12. The highest BCUT2D eigenvalue weighted by Gasteiger charge is 2.50. The summed E-state index contributed by atoms with van der Waals surface area (Å²) in [6, 6.07) is 14.0. The molecule has 11 rings (SSSR count). The standard InChI is InChI=1S/C80H105FN14O15/c1-49-72(101)90-63(45-85-66(97)17-9-8-10-33-82-4)74(103)87-60-41-54-15-13-16-55(39-54)44-84-68(99)48-110-65-31-38-94-71(65)76(105)91-70(50(2)96)75(104)89-61(40-52-22-25-58(109-5)26-23-52)78(107)95-37-14-32-80(95,3)79(108)83-34-30-51-18-20-53(21-19-51)46-93(69(100)29-28-67(98)86-49)36-12-7-6-11-35-92-47-56(42-62(77(94)106)88-73(60)102)59-43-57(81)24-27-64(59)92/h13,15-16,18-27,39,43,47,49-50,60-63,65,70-71,82,96H,6-12,14,17,28-38,40-42,44-46,48H2,1-5H3,(H,83,108)(H,84,99)(H,85,97)(H,86,98)(H,87,103)(H,88,102)(H,89,104)(H,90,101)(H,91,105)/t49-,50+,60-,61-,62-,63+,65-,70?,71?,80-/m0/s1. The molecule has 6 aliphatic rings. The Hall–Kier alpha value is -10.3. The van der Waals surface area contributed by atoms with Crippen LogP contribution in [0.1, 0.15) is 138 Å². The van der Waals surface area contributed by atoms with Crippen LogP contribution in [0.2, 0.25) is 0 Å². The normalized spacial score (nSPS) is 25.0. The van der Waals surface area contributed by atoms with Gasteiger partial charge in [-0.25, -0.2) is 4.39 Å². The summed E-state index contributed by atoms with van der Waals surface area (Å²) in [5.41, 5.74) is 2.76. The summed E-state index contributed by atoms with van der Waals surface area (Å²) in [4.78, 5) is 182. The Morgan fingerprint density at radius 2 is 1.43 bits per heavy atom. The molecule has 110 heavy (non-hydrogen) atoms. The van der Waals surface area contributed by atoms with Crippen LogP contribution in [0.4, 0.5) is 4.39 Å². The number of fused-ring (bicyclic) bond motifs is 16. The van der Waals surface area contributed by atoms with Crippen molar-refractivity contribution in [2.75, 3.05) is 60.0 Å². The average Bonchev–Trinajstić information content (AvgIpc) is 1.23. The summed E-state index contributed by atoms with van der Waals surface area (Å²) in [7, 11) is 3.31. The summed E-state index contributed by atoms with van der Waals surface area (Å²) in [5.74, 6) is -9.02. The molecule has 592 valence electrons. The van der Waals surface area contributed by atoms with Gasteiger partial charge in [-0.1, -0.05) is 79.9 Å². The van der Waals surface area contributed by atoms with Gasteiger partial charge in [-0.2, -0.15) is 0 Å². The number of benzene rings is 4. The number of ether oxygens (including phenoxy) is 2. The minimum Gasteiger partial charge on any atom is -0.497 e. The molecule has 0 aliphatic carbocycles. The van der Waals surface area contributed by atoms with E-state index in [1.54, 1.807) is 72.6 Å². The molecule has 6 aliphatic heterocycles. The lowest BCUT2D eigenvalue weighted by Gasteiger charge is -2.37. The van der Waals surface area contributed by atoms with E-state index in [9.17, 15) is 33.9 Å². The van der Waals surface area contributed by atoms with Gasteiger partial charge in [0.05, 0.1) is 19.3 Å². The molecule has 0 spiro atoms. The van der Waals surface area contributed by atoms with E-state index in [2.05, 4.69) is 53.2 Å². The maximum absolute atomic E-state index is 16.2. The molecular formula is C80H105FN14O15. The molecule has 11 N–H and O–H groups in total. The maximum Gasteiger partial charge on any atom is 0.246 e. The van der Waals surface area contributed by atoms with Crippen molar-refractivity contribution in [1.82, 2.24) is 72.4 Å². The van der Waals surface area contributed by atoms with E-state index in [0.29, 0.717) is 103 Å². The third kappa shape index (κ3) is 21.8. The summed E-state index contributed by atoms with van der Waals surface area (Å²) < 4.78 is 29.4. The molecule has 5 aromatic rings. The first kappa shape index (κ1) is 82.2. The smallest absolute Gasteiger partial charge is 0.246 e. The number of aryl methyl sites for hydroxylation is 1. The lowest BCUT2D eigenvalue weighted by molar-refractivity contribution is -0.148. The van der Waals surface area contributed by atoms with E-state index in [4.69, 9.17) is 9.47 Å². The second-order valence-corrected chi connectivity index (χ2v) is 29.6. The Morgan fingerprint density at radius 3 is 2.18 bits per heavy atom. The molecule has 30 heteroatoms. The Bertz CT molecular complexity index is 4140. The molecule has 2 saturated heterocycles. The van der Waals surface area contributed by atoms with Crippen molar-refractivity contribution in [1.29, 1.82) is 0 Å². The number of rotatable bonds is 12. The molecule has 0 saturated carbocycles. The molecule has 12 amide bonds. The van der Waals surface area contributed by atoms with Gasteiger partial charge in [-0.15, -0.1) is 0 Å². The largest absolute Gasteiger partial charge is 0.497 e. The van der Waals surface area contributed by atoms with Gasteiger partial charge in [0.1, 0.15) is 66.0 Å². The zero-order chi connectivity index (χ0) is 78.6. The first-order valence-electron chi connectivity index (χ1n) is 38.4. The number of aliphatic hydroxyl groups is 1. The second kappa shape index (κ2) is 38.8. The van der Waals surface area contributed by atoms with Crippen molar-refractivity contribution < 1.29 is 76.5 Å². The number of hydrogen-bond donors (Lipinski definition) is 11. The van der Waals surface area contributed by atoms with Crippen LogP contribution < -0.4 is 57.9 Å². The van der Waals surface area contributed by atoms with E-state index < -0.39 is 144 Å². The van der Waals surface area contributed by atoms with E-state index in [-0.39, 0.29) is 90.0 Å². The summed E-state index contributed by atoms with van der Waals surface area (Å²) in [6.45, 7) is 4.73. The number of methoxy groups -OCH3 is 1. The predicted molar refractivity (Wildman–Crippen MR) is 404 cm³/mol. The van der Waals surface area contributed by atoms with Crippen LogP contribution >= 0.6 is 0 Å². The molecule has 2 fully saturated rings. The molecule has 1 aromatic heterocycles. The lowest BCUT2D eigenvalue weighted by Crippen LogP contribution is -2.64. The van der Waals surface area contributed by atoms with Gasteiger partial charge in [0.2, 0.25) is 70.9 Å². The molecule has 10 atom stereocenters. The zero-order valence-electron chi connectivity index (χ0n) is 63.4. The summed E-state index contributed by atoms with van der Waals surface area (Å²) in [6.07, 6.45) is 2.96. The topological polar surface area (TPSA) is 378 Å². The number of amides is 12. The number of aromatic nitrogens is 1. The van der Waals surface area contributed by atoms with Crippen molar-refractivity contribution >= 4 is 81.8 Å². The first-order chi connectivity index (χ1) is 52.9. The molecule has 0 radical (unpaired) electrons. The number of carbonyl (C=O) groups excluding carboxylic acids is 12. The van der Waals surface area contributed by atoms with Crippen LogP contribution in [0.25, 0.3) is 10.9 Å². The molecular weight excluding hydrogens is 1420 g/mol. The number of halogens is 1. The van der Waals surface area contributed by atoms with Crippen molar-refractivity contribution in [3.05, 3.63) is 136 Å². The van der Waals surface area contributed by atoms with Crippen molar-refractivity contribution in [3.8, 4) is 5.75 Å². The maximum atomic E-state index is 16.2. The fraction of sp³-hybridized carbons (Fsp3) is 0.525. The third-order valence-electron chi connectivity index (χ3n) is 21.3. The molecule has 29 nitrogen and oxygen atoms in total. The summed E-state index contributed by atoms with van der Waals surface area (Å²) >= 11 is 0. The highest BCUT2D eigenvalue weighted by Crippen LogP contribution is 2.32. The lowest BCUT2D eigenvalue weighted by atomic mass is 9.95. The first-order valence-corrected chi connectivity index (χ1v) is 38.4. The Morgan fingerprint density at radius 1 is 0.691 bits per heavy atom. The van der Waals surface area contributed by atoms with Crippen molar-refractivity contribution in [2.24, 2.45) is 0 Å². The quantitative estimate of drug-likeness (QED) is 0.0797. The molecule has 2 unspecified atom stereocenters. The van der Waals surface area contributed by atoms with Gasteiger partial charge in [-0.3, -0.25) is 57.5 Å². The van der Waals surface area contributed by atoms with Crippen LogP contribution in [0.15, 0.2) is 97.2 Å². The van der Waals surface area contributed by atoms with Crippen LogP contribution in [0.3, 0.4) is 0 Å². The van der Waals surface area contributed by atoms with E-state index in [0.717, 1.165) is 29.0 Å². The van der Waals surface area contributed by atoms with Gasteiger partial charge in [0, 0.05) is 108 Å². The average molecular weight is 1520 g/mol. The SMILES string of the molecule is CNCCCCCC(=O)NC[C@H]1NC(=O)[C@H](C)NC(=O)CCC(=O)N2CCCCCCn3cc(c4cc(F)ccc43)C[C@@H]3NC(=O)[C@H](Cc4cccc(c4)CNC(=O)CO[C@H]4CCN(C3=O)C4C(=O)NC([C@@H](C)O)C(=O)N[C@@H](Cc3ccc(OC)cc3)C(=O)N3CCC[C@@]3(C)C(=O)NCCc3ccc(cc3)C2)NC1=O. The van der Waals surface area contributed by atoms with E-state index in [1.165, 1.54) is 38.0 Å². The van der Waals surface area contributed by atoms with E-state index >= 15 is 33.2 Å². The van der Waals surface area contributed by atoms with Gasteiger partial charge in [0.15, 0.2) is 0 Å². The van der Waals surface area contributed by atoms with Crippen LogP contribution in [-0.2, 0) is 108 Å². The van der Waals surface area contributed by atoms with Crippen LogP contribution in [0.5, 0.6) is 5.75 Å². The Balaban J connectivity index is 1.08.